The summed E-state index contributed by atoms with van der Waals surface area (Å²) in [6.45, 7) is 4.02. The molecule has 0 bridgehead atoms. The van der Waals surface area contributed by atoms with Crippen molar-refractivity contribution in [2.24, 2.45) is 0 Å². The van der Waals surface area contributed by atoms with Gasteiger partial charge in [0.2, 0.25) is 0 Å². The molecule has 8 heteroatoms. The third-order valence-electron chi connectivity index (χ3n) is 3.08. The summed E-state index contributed by atoms with van der Waals surface area (Å²) >= 11 is 0. The zero-order valence-electron chi connectivity index (χ0n) is 12.5. The number of benzene rings is 1. The number of ether oxygens (including phenoxy) is 1. The number of carbonyl (C=O) groups excluding carboxylic acids is 1. The van der Waals surface area contributed by atoms with Gasteiger partial charge in [-0.25, -0.2) is 4.79 Å². The first-order valence-corrected chi connectivity index (χ1v) is 8.08. The molecule has 2 aromatic rings. The molecule has 0 aliphatic carbocycles. The number of H-pyrrole nitrogens is 1. The molecule has 0 aliphatic rings. The summed E-state index contributed by atoms with van der Waals surface area (Å²) in [7, 11) is -2.80. The Morgan fingerprint density at radius 3 is 2.73 bits per heavy atom. The van der Waals surface area contributed by atoms with E-state index in [4.69, 9.17) is 0 Å². The number of aromatic nitrogens is 2. The maximum absolute atomic E-state index is 12.4. The molecule has 1 aromatic heterocycles. The molecule has 7 nitrogen and oxygen atoms in total. The summed E-state index contributed by atoms with van der Waals surface area (Å²) in [5.74, 6) is -0.507. The largest absolute Gasteiger partial charge is 0.465 e. The highest BCUT2D eigenvalue weighted by atomic mass is 32.2. The maximum Gasteiger partial charge on any atom is 0.342 e. The molecule has 0 aliphatic heterocycles. The normalized spacial score (nSPS) is 11.5. The van der Waals surface area contributed by atoms with Crippen LogP contribution in [0.3, 0.4) is 0 Å². The number of carbonyl (C=O) groups is 1. The van der Waals surface area contributed by atoms with Crippen molar-refractivity contribution in [2.45, 2.75) is 24.8 Å². The maximum atomic E-state index is 12.4. The average molecular weight is 323 g/mol. The van der Waals surface area contributed by atoms with Crippen LogP contribution in [0.25, 0.3) is 0 Å². The Morgan fingerprint density at radius 1 is 1.36 bits per heavy atom. The van der Waals surface area contributed by atoms with E-state index in [1.165, 1.54) is 7.11 Å². The van der Waals surface area contributed by atoms with E-state index in [2.05, 4.69) is 19.7 Å². The van der Waals surface area contributed by atoms with Crippen LogP contribution in [-0.4, -0.2) is 31.7 Å². The van der Waals surface area contributed by atoms with Gasteiger partial charge in [0.05, 0.1) is 13.3 Å². The van der Waals surface area contributed by atoms with E-state index < -0.39 is 16.0 Å². The molecule has 0 radical (unpaired) electrons. The first kappa shape index (κ1) is 16.0. The van der Waals surface area contributed by atoms with Crippen molar-refractivity contribution < 1.29 is 17.9 Å². The van der Waals surface area contributed by atoms with Crippen LogP contribution < -0.4 is 4.72 Å². The van der Waals surface area contributed by atoms with Crippen LogP contribution in [0.4, 0.5) is 5.69 Å². The third-order valence-corrected chi connectivity index (χ3v) is 4.44. The Hall–Kier alpha value is -2.35. The van der Waals surface area contributed by atoms with Gasteiger partial charge in [-0.05, 0) is 23.6 Å². The molecule has 0 saturated heterocycles. The minimum absolute atomic E-state index is 0.144. The van der Waals surface area contributed by atoms with E-state index in [1.54, 1.807) is 18.2 Å². The predicted octanol–water partition coefficient (Wildman–Crippen LogP) is 2.12. The summed E-state index contributed by atoms with van der Waals surface area (Å²) < 4.78 is 31.8. The van der Waals surface area contributed by atoms with Gasteiger partial charge in [0, 0.05) is 5.69 Å². The number of methoxy groups -OCH3 is 1. The molecule has 0 atom stereocenters. The van der Waals surface area contributed by atoms with Crippen molar-refractivity contribution in [3.05, 3.63) is 41.6 Å². The quantitative estimate of drug-likeness (QED) is 0.821. The summed E-state index contributed by atoms with van der Waals surface area (Å²) in [5, 5.41) is 5.59. The lowest BCUT2D eigenvalue weighted by molar-refractivity contribution is 0.0596. The average Bonchev–Trinajstić information content (AvgIpc) is 2.96. The molecule has 0 fully saturated rings. The van der Waals surface area contributed by atoms with Crippen LogP contribution in [0.1, 0.15) is 35.7 Å². The number of nitrogens with zero attached hydrogens (tertiary/aromatic N) is 1. The minimum Gasteiger partial charge on any atom is -0.465 e. The van der Waals surface area contributed by atoms with Crippen LogP contribution in [0, 0.1) is 0 Å². The van der Waals surface area contributed by atoms with Gasteiger partial charge >= 0.3 is 5.97 Å². The lowest BCUT2D eigenvalue weighted by atomic mass is 10.0. The van der Waals surface area contributed by atoms with Crippen LogP contribution in [0.2, 0.25) is 0 Å². The fourth-order valence-electron chi connectivity index (χ4n) is 1.90. The van der Waals surface area contributed by atoms with Crippen molar-refractivity contribution in [1.29, 1.82) is 0 Å². The number of hydrogen-bond acceptors (Lipinski definition) is 5. The first-order valence-electron chi connectivity index (χ1n) is 6.59. The molecule has 0 spiro atoms. The van der Waals surface area contributed by atoms with Gasteiger partial charge in [0.15, 0.2) is 5.03 Å². The van der Waals surface area contributed by atoms with Crippen molar-refractivity contribution in [1.82, 2.24) is 10.2 Å². The standard InChI is InChI=1S/C14H17N3O4S/c1-9(2)10-5-4-6-11(7-10)17-22(19,20)13-12(8-15-16-13)14(18)21-3/h4-9,17H,1-3H3,(H,15,16). The zero-order chi connectivity index (χ0) is 16.3. The number of esters is 1. The Balaban J connectivity index is 2.35. The highest BCUT2D eigenvalue weighted by Crippen LogP contribution is 2.22. The van der Waals surface area contributed by atoms with Crippen LogP contribution in [0.15, 0.2) is 35.5 Å². The monoisotopic (exact) mass is 323 g/mol. The van der Waals surface area contributed by atoms with Gasteiger partial charge in [-0.15, -0.1) is 0 Å². The molecular weight excluding hydrogens is 306 g/mol. The second-order valence-corrected chi connectivity index (χ2v) is 6.61. The van der Waals surface area contributed by atoms with Gasteiger partial charge in [-0.2, -0.15) is 13.5 Å². The fourth-order valence-corrected chi connectivity index (χ4v) is 3.04. The number of aromatic amines is 1. The number of hydrogen-bond donors (Lipinski definition) is 2. The van der Waals surface area contributed by atoms with Crippen molar-refractivity contribution in [3.63, 3.8) is 0 Å². The van der Waals surface area contributed by atoms with Crippen molar-refractivity contribution in [2.75, 3.05) is 11.8 Å². The summed E-state index contributed by atoms with van der Waals surface area (Å²) in [6, 6.07) is 7.06. The van der Waals surface area contributed by atoms with Gasteiger partial charge in [-0.1, -0.05) is 26.0 Å². The van der Waals surface area contributed by atoms with Crippen LogP contribution in [-0.2, 0) is 14.8 Å². The summed E-state index contributed by atoms with van der Waals surface area (Å²) in [5.41, 5.74) is 1.27. The van der Waals surface area contributed by atoms with E-state index in [0.29, 0.717) is 5.69 Å². The predicted molar refractivity (Wildman–Crippen MR) is 81.3 cm³/mol. The lowest BCUT2D eigenvalue weighted by Gasteiger charge is -2.10. The molecule has 2 rings (SSSR count). The van der Waals surface area contributed by atoms with Gasteiger partial charge in [0.25, 0.3) is 10.0 Å². The highest BCUT2D eigenvalue weighted by molar-refractivity contribution is 7.92. The number of rotatable bonds is 5. The molecule has 118 valence electrons. The zero-order valence-corrected chi connectivity index (χ0v) is 13.3. The molecule has 1 aromatic carbocycles. The molecule has 0 unspecified atom stereocenters. The van der Waals surface area contributed by atoms with Crippen LogP contribution in [0.5, 0.6) is 0 Å². The van der Waals surface area contributed by atoms with Crippen LogP contribution >= 0.6 is 0 Å². The third kappa shape index (κ3) is 3.28. The van der Waals surface area contributed by atoms with Gasteiger partial charge < -0.3 is 4.74 Å². The fraction of sp³-hybridized carbons (Fsp3) is 0.286. The molecule has 2 N–H and O–H groups in total. The Morgan fingerprint density at radius 2 is 2.09 bits per heavy atom. The highest BCUT2D eigenvalue weighted by Gasteiger charge is 2.25. The molecule has 1 heterocycles. The van der Waals surface area contributed by atoms with E-state index in [9.17, 15) is 13.2 Å². The molecule has 0 saturated carbocycles. The second-order valence-electron chi connectivity index (χ2n) is 4.99. The van der Waals surface area contributed by atoms with Gasteiger partial charge in [0.1, 0.15) is 5.56 Å². The van der Waals surface area contributed by atoms with E-state index in [1.807, 2.05) is 19.9 Å². The summed E-state index contributed by atoms with van der Waals surface area (Å²) in [6.07, 6.45) is 1.12. The number of nitrogens with one attached hydrogen (secondary N) is 2. The number of sulfonamides is 1. The summed E-state index contributed by atoms with van der Waals surface area (Å²) in [4.78, 5) is 11.6. The number of anilines is 1. The Bertz CT molecular complexity index is 781. The smallest absolute Gasteiger partial charge is 0.342 e. The second kappa shape index (κ2) is 6.18. The first-order chi connectivity index (χ1) is 10.3. The molecular formula is C14H17N3O4S. The molecule has 0 amide bonds. The lowest BCUT2D eigenvalue weighted by Crippen LogP contribution is -2.17. The minimum atomic E-state index is -3.97. The van der Waals surface area contributed by atoms with Crippen molar-refractivity contribution in [3.8, 4) is 0 Å². The van der Waals surface area contributed by atoms with Crippen molar-refractivity contribution >= 4 is 21.7 Å². The molecule has 22 heavy (non-hydrogen) atoms. The Kier molecular flexibility index (Phi) is 4.51. The SMILES string of the molecule is COC(=O)c1cn[nH]c1S(=O)(=O)Nc1cccc(C(C)C)c1. The van der Waals surface area contributed by atoms with E-state index in [-0.39, 0.29) is 16.5 Å². The van der Waals surface area contributed by atoms with Gasteiger partial charge in [-0.3, -0.25) is 9.82 Å². The topological polar surface area (TPSA) is 101 Å². The van der Waals surface area contributed by atoms with E-state index in [0.717, 1.165) is 11.8 Å². The Labute approximate surface area is 128 Å². The van der Waals surface area contributed by atoms with E-state index >= 15 is 0 Å².